The van der Waals surface area contributed by atoms with E-state index >= 15 is 0 Å². The molecule has 0 saturated heterocycles. The summed E-state index contributed by atoms with van der Waals surface area (Å²) in [5.74, 6) is 1.08. The number of hydrogen-bond acceptors (Lipinski definition) is 3. The van der Waals surface area contributed by atoms with Gasteiger partial charge in [0.15, 0.2) is 6.10 Å². The summed E-state index contributed by atoms with van der Waals surface area (Å²) in [4.78, 5) is 12.7. The van der Waals surface area contributed by atoms with Crippen molar-refractivity contribution in [3.8, 4) is 11.5 Å². The summed E-state index contributed by atoms with van der Waals surface area (Å²) in [6.45, 7) is 4.76. The highest BCUT2D eigenvalue weighted by Crippen LogP contribution is 2.31. The van der Waals surface area contributed by atoms with Gasteiger partial charge in [0, 0.05) is 40.1 Å². The molecule has 3 aromatic carbocycles. The lowest BCUT2D eigenvalue weighted by molar-refractivity contribution is -0.122. The number of benzene rings is 3. The minimum absolute atomic E-state index is 0.202. The van der Waals surface area contributed by atoms with Crippen molar-refractivity contribution < 1.29 is 14.3 Å². The van der Waals surface area contributed by atoms with Crippen LogP contribution in [0.5, 0.6) is 11.5 Å². The number of carbonyl (C=O) groups is 1. The Morgan fingerprint density at radius 1 is 0.966 bits per heavy atom. The minimum Gasteiger partial charge on any atom is -0.497 e. The largest absolute Gasteiger partial charge is 0.497 e. The summed E-state index contributed by atoms with van der Waals surface area (Å²) in [7, 11) is 1.60. The standard InChI is InChI=1S/C24H24N2O3/c1-4-26-22-11-6-5-10-20(22)21-14-17(12-13-23(21)26)25-24(27)16(2)29-19-9-7-8-18(15-19)28-3/h5-16H,4H2,1-3H3,(H,25,27)/t16-/m0/s1. The van der Waals surface area contributed by atoms with Gasteiger partial charge in [0.25, 0.3) is 5.91 Å². The molecule has 4 aromatic rings. The fraction of sp³-hybridized carbons (Fsp3) is 0.208. The first-order chi connectivity index (χ1) is 14.1. The van der Waals surface area contributed by atoms with E-state index in [1.165, 1.54) is 10.9 Å². The molecule has 1 amide bonds. The van der Waals surface area contributed by atoms with Gasteiger partial charge >= 0.3 is 0 Å². The van der Waals surface area contributed by atoms with Gasteiger partial charge in [0.1, 0.15) is 11.5 Å². The van der Waals surface area contributed by atoms with Crippen LogP contribution in [0.3, 0.4) is 0 Å². The van der Waals surface area contributed by atoms with E-state index in [0.29, 0.717) is 11.5 Å². The molecule has 29 heavy (non-hydrogen) atoms. The summed E-state index contributed by atoms with van der Waals surface area (Å²) < 4.78 is 13.3. The van der Waals surface area contributed by atoms with Crippen LogP contribution in [0.25, 0.3) is 21.8 Å². The SMILES string of the molecule is CCn1c2ccccc2c2cc(NC(=O)[C@H](C)Oc3cccc(OC)c3)ccc21. The van der Waals surface area contributed by atoms with Crippen molar-refractivity contribution >= 4 is 33.4 Å². The van der Waals surface area contributed by atoms with Crippen molar-refractivity contribution in [3.05, 3.63) is 66.7 Å². The maximum atomic E-state index is 12.7. The number of ether oxygens (including phenoxy) is 2. The number of aromatic nitrogens is 1. The zero-order valence-corrected chi connectivity index (χ0v) is 16.8. The molecule has 1 atom stereocenters. The fourth-order valence-corrected chi connectivity index (χ4v) is 3.65. The predicted molar refractivity (Wildman–Crippen MR) is 117 cm³/mol. The third-order valence-corrected chi connectivity index (χ3v) is 5.08. The zero-order valence-electron chi connectivity index (χ0n) is 16.8. The number of hydrogen-bond donors (Lipinski definition) is 1. The summed E-state index contributed by atoms with van der Waals surface area (Å²) in [5, 5.41) is 5.28. The topological polar surface area (TPSA) is 52.5 Å². The van der Waals surface area contributed by atoms with Gasteiger partial charge in [0.2, 0.25) is 0 Å². The number of aryl methyl sites for hydroxylation is 1. The zero-order chi connectivity index (χ0) is 20.4. The molecule has 0 fully saturated rings. The number of fused-ring (bicyclic) bond motifs is 3. The Hall–Kier alpha value is -3.47. The Labute approximate surface area is 169 Å². The van der Waals surface area contributed by atoms with E-state index in [4.69, 9.17) is 9.47 Å². The monoisotopic (exact) mass is 388 g/mol. The van der Waals surface area contributed by atoms with Crippen LogP contribution < -0.4 is 14.8 Å². The summed E-state index contributed by atoms with van der Waals surface area (Å²) in [6.07, 6.45) is -0.644. The van der Waals surface area contributed by atoms with Gasteiger partial charge in [-0.25, -0.2) is 0 Å². The van der Waals surface area contributed by atoms with E-state index in [2.05, 4.69) is 35.0 Å². The van der Waals surface area contributed by atoms with Crippen molar-refractivity contribution in [2.24, 2.45) is 0 Å². The molecule has 0 aliphatic rings. The van der Waals surface area contributed by atoms with Crippen molar-refractivity contribution in [1.82, 2.24) is 4.57 Å². The van der Waals surface area contributed by atoms with E-state index in [9.17, 15) is 4.79 Å². The summed E-state index contributed by atoms with van der Waals surface area (Å²) in [6, 6.07) is 21.6. The van der Waals surface area contributed by atoms with E-state index in [1.807, 2.05) is 36.4 Å². The summed E-state index contributed by atoms with van der Waals surface area (Å²) >= 11 is 0. The molecule has 148 valence electrons. The highest BCUT2D eigenvalue weighted by atomic mass is 16.5. The lowest BCUT2D eigenvalue weighted by Crippen LogP contribution is -2.30. The molecular weight excluding hydrogens is 364 g/mol. The van der Waals surface area contributed by atoms with Crippen molar-refractivity contribution in [2.45, 2.75) is 26.5 Å². The van der Waals surface area contributed by atoms with Gasteiger partial charge < -0.3 is 19.4 Å². The Morgan fingerprint density at radius 3 is 2.52 bits per heavy atom. The van der Waals surface area contributed by atoms with Crippen LogP contribution in [-0.4, -0.2) is 23.7 Å². The molecule has 0 aliphatic carbocycles. The molecule has 0 unspecified atom stereocenters. The van der Waals surface area contributed by atoms with Gasteiger partial charge in [-0.3, -0.25) is 4.79 Å². The van der Waals surface area contributed by atoms with Gasteiger partial charge in [-0.2, -0.15) is 0 Å². The number of nitrogens with one attached hydrogen (secondary N) is 1. The molecule has 5 heteroatoms. The first-order valence-corrected chi connectivity index (χ1v) is 9.73. The number of para-hydroxylation sites is 1. The first kappa shape index (κ1) is 18.9. The second kappa shape index (κ2) is 7.87. The number of amides is 1. The highest BCUT2D eigenvalue weighted by molar-refractivity contribution is 6.10. The number of carbonyl (C=O) groups excluding carboxylic acids is 1. The number of methoxy groups -OCH3 is 1. The van der Waals surface area contributed by atoms with Crippen LogP contribution >= 0.6 is 0 Å². The van der Waals surface area contributed by atoms with E-state index < -0.39 is 6.10 Å². The van der Waals surface area contributed by atoms with Crippen LogP contribution in [0.2, 0.25) is 0 Å². The van der Waals surface area contributed by atoms with Crippen molar-refractivity contribution in [3.63, 3.8) is 0 Å². The Kier molecular flexibility index (Phi) is 5.12. The van der Waals surface area contributed by atoms with Crippen LogP contribution in [0, 0.1) is 0 Å². The Morgan fingerprint density at radius 2 is 1.72 bits per heavy atom. The van der Waals surface area contributed by atoms with Gasteiger partial charge in [-0.1, -0.05) is 24.3 Å². The van der Waals surface area contributed by atoms with Gasteiger partial charge in [-0.05, 0) is 50.2 Å². The summed E-state index contributed by atoms with van der Waals surface area (Å²) in [5.41, 5.74) is 3.11. The average molecular weight is 388 g/mol. The van der Waals surface area contributed by atoms with Gasteiger partial charge in [0.05, 0.1) is 7.11 Å². The van der Waals surface area contributed by atoms with E-state index in [0.717, 1.165) is 23.1 Å². The molecule has 1 aromatic heterocycles. The molecular formula is C24H24N2O3. The normalized spacial score (nSPS) is 12.1. The Bertz CT molecular complexity index is 1180. The van der Waals surface area contributed by atoms with Crippen LogP contribution in [0.1, 0.15) is 13.8 Å². The number of anilines is 1. The second-order valence-electron chi connectivity index (χ2n) is 6.92. The molecule has 0 saturated carbocycles. The molecule has 0 aliphatic heterocycles. The quantitative estimate of drug-likeness (QED) is 0.492. The van der Waals surface area contributed by atoms with E-state index in [1.54, 1.807) is 26.2 Å². The fourth-order valence-electron chi connectivity index (χ4n) is 3.65. The predicted octanol–water partition coefficient (Wildman–Crippen LogP) is 5.23. The lowest BCUT2D eigenvalue weighted by Gasteiger charge is -2.15. The highest BCUT2D eigenvalue weighted by Gasteiger charge is 2.16. The first-order valence-electron chi connectivity index (χ1n) is 9.73. The second-order valence-corrected chi connectivity index (χ2v) is 6.92. The van der Waals surface area contributed by atoms with E-state index in [-0.39, 0.29) is 5.91 Å². The maximum absolute atomic E-state index is 12.7. The smallest absolute Gasteiger partial charge is 0.265 e. The molecule has 0 radical (unpaired) electrons. The average Bonchev–Trinajstić information content (AvgIpc) is 3.07. The van der Waals surface area contributed by atoms with Crippen LogP contribution in [-0.2, 0) is 11.3 Å². The molecule has 1 heterocycles. The molecule has 4 rings (SSSR count). The minimum atomic E-state index is -0.644. The third-order valence-electron chi connectivity index (χ3n) is 5.08. The third kappa shape index (κ3) is 3.63. The molecule has 5 nitrogen and oxygen atoms in total. The number of rotatable bonds is 6. The van der Waals surface area contributed by atoms with Crippen molar-refractivity contribution in [1.29, 1.82) is 0 Å². The molecule has 0 spiro atoms. The number of nitrogens with zero attached hydrogens (tertiary/aromatic N) is 1. The van der Waals surface area contributed by atoms with Crippen LogP contribution in [0.15, 0.2) is 66.7 Å². The molecule has 0 bridgehead atoms. The Balaban J connectivity index is 1.57. The lowest BCUT2D eigenvalue weighted by atomic mass is 10.1. The van der Waals surface area contributed by atoms with Crippen LogP contribution in [0.4, 0.5) is 5.69 Å². The van der Waals surface area contributed by atoms with Crippen molar-refractivity contribution in [2.75, 3.05) is 12.4 Å². The maximum Gasteiger partial charge on any atom is 0.265 e. The van der Waals surface area contributed by atoms with Gasteiger partial charge in [-0.15, -0.1) is 0 Å². The molecule has 1 N–H and O–H groups in total.